The van der Waals surface area contributed by atoms with Gasteiger partial charge < -0.3 is 0 Å². The van der Waals surface area contributed by atoms with E-state index in [1.165, 1.54) is 5.56 Å². The van der Waals surface area contributed by atoms with Gasteiger partial charge in [-0.1, -0.05) is 154 Å². The zero-order valence-electron chi connectivity index (χ0n) is 32.5. The zero-order valence-corrected chi connectivity index (χ0v) is 32.5. The summed E-state index contributed by atoms with van der Waals surface area (Å²) in [4.78, 5) is 25.4. The first-order chi connectivity index (χ1) is 28.4. The zero-order chi connectivity index (χ0) is 39.2. The Morgan fingerprint density at radius 3 is 1.03 bits per heavy atom. The number of imidazole rings is 2. The highest BCUT2D eigenvalue weighted by molar-refractivity contribution is 5.85. The number of para-hydroxylation sites is 6. The normalized spacial score (nSPS) is 11.7. The highest BCUT2D eigenvalue weighted by Gasteiger charge is 2.19. The Kier molecular flexibility index (Phi) is 8.56. The number of aromatic nitrogens is 7. The Morgan fingerprint density at radius 2 is 0.655 bits per heavy atom. The molecule has 0 N–H and O–H groups in total. The molecule has 0 unspecified atom stereocenters. The van der Waals surface area contributed by atoms with Crippen LogP contribution in [0.5, 0.6) is 0 Å². The minimum Gasteiger partial charge on any atom is -0.292 e. The monoisotopic (exact) mass is 749 g/mol. The third-order valence-corrected chi connectivity index (χ3v) is 10.6. The van der Waals surface area contributed by atoms with Crippen molar-refractivity contribution in [3.63, 3.8) is 0 Å². The largest absolute Gasteiger partial charge is 0.292 e. The summed E-state index contributed by atoms with van der Waals surface area (Å²) in [6.07, 6.45) is 0. The lowest BCUT2D eigenvalue weighted by molar-refractivity contribution is 0.590. The molecule has 0 spiro atoms. The molecule has 10 rings (SSSR count). The second-order valence-electron chi connectivity index (χ2n) is 15.5. The van der Waals surface area contributed by atoms with Gasteiger partial charge in [0.15, 0.2) is 17.5 Å². The summed E-state index contributed by atoms with van der Waals surface area (Å²) in [5.74, 6) is 3.55. The molecule has 278 valence electrons. The number of nitrogens with zero attached hydrogens (tertiary/aromatic N) is 7. The van der Waals surface area contributed by atoms with Crippen LogP contribution < -0.4 is 0 Å². The van der Waals surface area contributed by atoms with E-state index in [4.69, 9.17) is 24.9 Å². The molecule has 7 nitrogen and oxygen atoms in total. The highest BCUT2D eigenvalue weighted by atomic mass is 15.1. The minimum atomic E-state index is 0.0274. The maximum atomic E-state index is 5.10. The molecular formula is C51H39N7. The number of hydrogen-bond donors (Lipinski definition) is 0. The Labute approximate surface area is 337 Å². The van der Waals surface area contributed by atoms with Crippen molar-refractivity contribution in [2.24, 2.45) is 0 Å². The lowest BCUT2D eigenvalue weighted by Crippen LogP contribution is -2.10. The molecule has 58 heavy (non-hydrogen) atoms. The third-order valence-electron chi connectivity index (χ3n) is 10.6. The quantitative estimate of drug-likeness (QED) is 0.162. The van der Waals surface area contributed by atoms with Crippen LogP contribution in [0.3, 0.4) is 0 Å². The first-order valence-corrected chi connectivity index (χ1v) is 19.5. The molecule has 0 radical (unpaired) electrons. The van der Waals surface area contributed by atoms with Gasteiger partial charge in [-0.05, 0) is 59.5 Å². The van der Waals surface area contributed by atoms with E-state index in [0.29, 0.717) is 17.5 Å². The van der Waals surface area contributed by atoms with E-state index in [2.05, 4.69) is 188 Å². The van der Waals surface area contributed by atoms with Gasteiger partial charge in [-0.3, -0.25) is 9.13 Å². The van der Waals surface area contributed by atoms with E-state index in [1.807, 2.05) is 24.3 Å². The maximum absolute atomic E-state index is 5.10. The predicted octanol–water partition coefficient (Wildman–Crippen LogP) is 12.2. The summed E-state index contributed by atoms with van der Waals surface area (Å²) in [5, 5.41) is 0. The van der Waals surface area contributed by atoms with E-state index in [1.54, 1.807) is 0 Å². The lowest BCUT2D eigenvalue weighted by Gasteiger charge is -2.19. The molecule has 0 bridgehead atoms. The van der Waals surface area contributed by atoms with Crippen molar-refractivity contribution < 1.29 is 0 Å². The molecular weight excluding hydrogens is 711 g/mol. The molecule has 0 atom stereocenters. The summed E-state index contributed by atoms with van der Waals surface area (Å²) in [5.41, 5.74) is 12.1. The van der Waals surface area contributed by atoms with Crippen LogP contribution in [0.25, 0.3) is 90.4 Å². The fourth-order valence-corrected chi connectivity index (χ4v) is 7.54. The first kappa shape index (κ1) is 34.9. The smallest absolute Gasteiger partial charge is 0.164 e. The lowest BCUT2D eigenvalue weighted by atomic mass is 9.87. The molecule has 10 aromatic rings. The van der Waals surface area contributed by atoms with E-state index in [-0.39, 0.29) is 5.41 Å². The van der Waals surface area contributed by atoms with Crippen LogP contribution >= 0.6 is 0 Å². The summed E-state index contributed by atoms with van der Waals surface area (Å²) in [6.45, 7) is 6.66. The van der Waals surface area contributed by atoms with Gasteiger partial charge in [0.1, 0.15) is 11.6 Å². The fourth-order valence-electron chi connectivity index (χ4n) is 7.54. The summed E-state index contributed by atoms with van der Waals surface area (Å²) >= 11 is 0. The molecule has 0 saturated carbocycles. The average Bonchev–Trinajstić information content (AvgIpc) is 3.86. The molecule has 0 aliphatic heterocycles. The van der Waals surface area contributed by atoms with E-state index in [9.17, 15) is 0 Å². The molecule has 7 heteroatoms. The van der Waals surface area contributed by atoms with Crippen molar-refractivity contribution in [1.82, 2.24) is 34.1 Å². The maximum Gasteiger partial charge on any atom is 0.164 e. The van der Waals surface area contributed by atoms with Gasteiger partial charge >= 0.3 is 0 Å². The Balaban J connectivity index is 1.06. The molecule has 0 aliphatic rings. The van der Waals surface area contributed by atoms with E-state index < -0.39 is 0 Å². The van der Waals surface area contributed by atoms with E-state index >= 15 is 0 Å². The molecule has 3 aromatic heterocycles. The number of hydrogen-bond acceptors (Lipinski definition) is 5. The van der Waals surface area contributed by atoms with Crippen molar-refractivity contribution in [2.45, 2.75) is 26.2 Å². The van der Waals surface area contributed by atoms with Crippen LogP contribution in [-0.2, 0) is 5.41 Å². The predicted molar refractivity (Wildman–Crippen MR) is 235 cm³/mol. The molecule has 0 saturated heterocycles. The Bertz CT molecular complexity index is 2870. The second-order valence-corrected chi connectivity index (χ2v) is 15.5. The van der Waals surface area contributed by atoms with Gasteiger partial charge in [-0.15, -0.1) is 0 Å². The van der Waals surface area contributed by atoms with Crippen LogP contribution in [0, 0.1) is 0 Å². The highest BCUT2D eigenvalue weighted by Crippen LogP contribution is 2.34. The number of fused-ring (bicyclic) bond motifs is 2. The van der Waals surface area contributed by atoms with Crippen LogP contribution in [-0.4, -0.2) is 34.1 Å². The summed E-state index contributed by atoms with van der Waals surface area (Å²) in [7, 11) is 0. The van der Waals surface area contributed by atoms with Crippen molar-refractivity contribution in [3.8, 4) is 68.3 Å². The van der Waals surface area contributed by atoms with Gasteiger partial charge in [0.05, 0.1) is 22.1 Å². The summed E-state index contributed by atoms with van der Waals surface area (Å²) < 4.78 is 4.42. The SMILES string of the molecule is CC(C)(C)c1ccc(-c2nc(-c3ccc(-c4nc5ccccc5n4-c4ccccc4)cc3)nc(-c3ccc(-c4nc5ccccc5n4-c4ccccc4)cc3)n2)cc1. The molecule has 0 amide bonds. The standard InChI is InChI=1S/C51H39N7/c1-51(2,3)39-32-30-36(31-33-39)48-55-46(34-22-26-37(27-23-34)49-52-42-18-10-12-20-44(42)57(49)40-14-6-4-7-15-40)54-47(56-48)35-24-28-38(29-25-35)50-53-43-19-11-13-21-45(43)58(50)41-16-8-5-9-17-41/h4-33H,1-3H3. The fraction of sp³-hybridized carbons (Fsp3) is 0.0784. The van der Waals surface area contributed by atoms with Gasteiger partial charge in [0.2, 0.25) is 0 Å². The van der Waals surface area contributed by atoms with Crippen LogP contribution in [0.15, 0.2) is 182 Å². The first-order valence-electron chi connectivity index (χ1n) is 19.5. The third kappa shape index (κ3) is 6.42. The molecule has 0 aliphatic carbocycles. The molecule has 0 fully saturated rings. The second kappa shape index (κ2) is 14.2. The van der Waals surface area contributed by atoms with Crippen LogP contribution in [0.2, 0.25) is 0 Å². The molecule has 3 heterocycles. The van der Waals surface area contributed by atoms with Crippen LogP contribution in [0.1, 0.15) is 26.3 Å². The number of rotatable bonds is 7. The topological polar surface area (TPSA) is 74.3 Å². The minimum absolute atomic E-state index is 0.0274. The number of benzene rings is 7. The van der Waals surface area contributed by atoms with Crippen LogP contribution in [0.4, 0.5) is 0 Å². The Morgan fingerprint density at radius 1 is 0.328 bits per heavy atom. The van der Waals surface area contributed by atoms with Crippen molar-refractivity contribution >= 4 is 22.1 Å². The van der Waals surface area contributed by atoms with Crippen molar-refractivity contribution in [3.05, 3.63) is 188 Å². The average molecular weight is 750 g/mol. The molecule has 7 aromatic carbocycles. The van der Waals surface area contributed by atoms with E-state index in [0.717, 1.165) is 72.9 Å². The van der Waals surface area contributed by atoms with Crippen molar-refractivity contribution in [1.29, 1.82) is 0 Å². The van der Waals surface area contributed by atoms with Gasteiger partial charge in [-0.2, -0.15) is 0 Å². The van der Waals surface area contributed by atoms with Gasteiger partial charge in [0.25, 0.3) is 0 Å². The van der Waals surface area contributed by atoms with Crippen molar-refractivity contribution in [2.75, 3.05) is 0 Å². The summed E-state index contributed by atoms with van der Waals surface area (Å²) in [6, 6.07) is 62.5. The Hall–Kier alpha value is -7.51. The van der Waals surface area contributed by atoms with Gasteiger partial charge in [-0.25, -0.2) is 24.9 Å². The van der Waals surface area contributed by atoms with Gasteiger partial charge in [0, 0.05) is 39.2 Å².